The summed E-state index contributed by atoms with van der Waals surface area (Å²) in [5, 5.41) is 0. The number of fused-ring (bicyclic) bond motifs is 1. The van der Waals surface area contributed by atoms with E-state index in [0.717, 1.165) is 5.56 Å². The molecule has 0 aromatic carbocycles. The molecule has 2 rings (SSSR count). The first-order valence-electron chi connectivity index (χ1n) is 8.57. The van der Waals surface area contributed by atoms with Crippen LogP contribution in [0, 0.1) is 6.92 Å². The number of nitrogens with zero attached hydrogens (tertiary/aromatic N) is 1. The summed E-state index contributed by atoms with van der Waals surface area (Å²) < 4.78 is 32.2. The van der Waals surface area contributed by atoms with Crippen LogP contribution in [0.1, 0.15) is 5.56 Å². The highest BCUT2D eigenvalue weighted by Gasteiger charge is 2.15. The van der Waals surface area contributed by atoms with Crippen LogP contribution in [0.5, 0.6) is 0 Å². The highest BCUT2D eigenvalue weighted by molar-refractivity contribution is 5.75. The molecule has 0 amide bonds. The summed E-state index contributed by atoms with van der Waals surface area (Å²) in [4.78, 5) is 14.2. The molecule has 26 heavy (non-hydrogen) atoms. The van der Waals surface area contributed by atoms with Crippen LogP contribution in [0.2, 0.25) is 0 Å². The van der Waals surface area contributed by atoms with Crippen LogP contribution >= 0.6 is 0 Å². The van der Waals surface area contributed by atoms with Gasteiger partial charge in [-0.25, -0.2) is 0 Å². The van der Waals surface area contributed by atoms with Crippen LogP contribution < -0.4 is 10.3 Å². The highest BCUT2D eigenvalue weighted by atomic mass is 16.5. The van der Waals surface area contributed by atoms with Crippen molar-refractivity contribution in [3.63, 3.8) is 0 Å². The molecule has 8 heteroatoms. The van der Waals surface area contributed by atoms with Gasteiger partial charge in [-0.3, -0.25) is 4.79 Å². The van der Waals surface area contributed by atoms with E-state index in [0.29, 0.717) is 64.2 Å². The molecule has 0 aliphatic rings. The summed E-state index contributed by atoms with van der Waals surface area (Å²) >= 11 is 0. The van der Waals surface area contributed by atoms with Crippen LogP contribution in [-0.4, -0.2) is 67.0 Å². The average molecular weight is 369 g/mol. The van der Waals surface area contributed by atoms with E-state index in [1.165, 1.54) is 12.3 Å². The molecule has 146 valence electrons. The van der Waals surface area contributed by atoms with Crippen molar-refractivity contribution in [3.8, 4) is 0 Å². The van der Waals surface area contributed by atoms with Gasteiger partial charge in [0, 0.05) is 32.9 Å². The van der Waals surface area contributed by atoms with Crippen LogP contribution in [-0.2, 0) is 18.9 Å². The van der Waals surface area contributed by atoms with Gasteiger partial charge in [0.2, 0.25) is 11.0 Å². The summed E-state index contributed by atoms with van der Waals surface area (Å²) in [7, 11) is 3.26. The zero-order valence-electron chi connectivity index (χ0n) is 15.6. The predicted octanol–water partition coefficient (Wildman–Crippen LogP) is 1.83. The number of methoxy groups -OCH3 is 2. The molecule has 2 heterocycles. The fraction of sp³-hybridized carbons (Fsp3) is 0.611. The smallest absolute Gasteiger partial charge is 0.230 e. The van der Waals surface area contributed by atoms with Gasteiger partial charge in [-0.2, -0.15) is 0 Å². The van der Waals surface area contributed by atoms with Gasteiger partial charge in [0.1, 0.15) is 0 Å². The van der Waals surface area contributed by atoms with Gasteiger partial charge in [0.05, 0.1) is 52.0 Å². The Morgan fingerprint density at radius 1 is 0.923 bits per heavy atom. The SMILES string of the molecule is COCCOCCN(CCOCCOC)c1cc(=O)c2occ(C)c2o1. The molecule has 2 aromatic heterocycles. The zero-order chi connectivity index (χ0) is 18.8. The Kier molecular flexibility index (Phi) is 8.63. The molecule has 0 aliphatic carbocycles. The van der Waals surface area contributed by atoms with E-state index in [1.54, 1.807) is 14.2 Å². The maximum absolute atomic E-state index is 12.3. The van der Waals surface area contributed by atoms with E-state index >= 15 is 0 Å². The number of ether oxygens (including phenoxy) is 4. The standard InChI is InChI=1S/C18H27NO7/c1-14-13-25-18-15(20)12-16(26-17(14)18)19(4-6-23-10-8-21-2)5-7-24-11-9-22-3/h12-13H,4-11H2,1-3H3. The summed E-state index contributed by atoms with van der Waals surface area (Å²) in [6.45, 7) is 6.01. The topological polar surface area (TPSA) is 83.5 Å². The van der Waals surface area contributed by atoms with Gasteiger partial charge in [-0.05, 0) is 6.92 Å². The second-order valence-electron chi connectivity index (χ2n) is 5.72. The lowest BCUT2D eigenvalue weighted by Gasteiger charge is -2.23. The maximum atomic E-state index is 12.3. The van der Waals surface area contributed by atoms with Crippen molar-refractivity contribution in [1.82, 2.24) is 0 Å². The van der Waals surface area contributed by atoms with Crippen molar-refractivity contribution >= 4 is 17.1 Å². The Balaban J connectivity index is 2.05. The van der Waals surface area contributed by atoms with Crippen molar-refractivity contribution < 1.29 is 27.8 Å². The number of furan rings is 1. The molecule has 0 spiro atoms. The van der Waals surface area contributed by atoms with E-state index in [-0.39, 0.29) is 11.0 Å². The van der Waals surface area contributed by atoms with Gasteiger partial charge in [0.15, 0.2) is 11.5 Å². The Bertz CT molecular complexity index is 695. The first kappa shape index (κ1) is 20.4. The number of aryl methyl sites for hydroxylation is 1. The quantitative estimate of drug-likeness (QED) is 0.495. The summed E-state index contributed by atoms with van der Waals surface area (Å²) in [6.07, 6.45) is 1.52. The molecule has 8 nitrogen and oxygen atoms in total. The number of hydrogen-bond acceptors (Lipinski definition) is 8. The van der Waals surface area contributed by atoms with E-state index < -0.39 is 0 Å². The molecule has 0 bridgehead atoms. The third-order valence-electron chi connectivity index (χ3n) is 3.79. The Morgan fingerprint density at radius 2 is 1.54 bits per heavy atom. The van der Waals surface area contributed by atoms with Crippen LogP contribution in [0.4, 0.5) is 5.88 Å². The summed E-state index contributed by atoms with van der Waals surface area (Å²) in [6, 6.07) is 1.44. The van der Waals surface area contributed by atoms with Crippen LogP contribution in [0.25, 0.3) is 11.2 Å². The normalized spacial score (nSPS) is 11.3. The largest absolute Gasteiger partial charge is 0.456 e. The Labute approximate surface area is 152 Å². The molecule has 2 aromatic rings. The first-order valence-corrected chi connectivity index (χ1v) is 8.57. The minimum absolute atomic E-state index is 0.208. The molecular weight excluding hydrogens is 342 g/mol. The van der Waals surface area contributed by atoms with Crippen molar-refractivity contribution in [2.45, 2.75) is 6.92 Å². The lowest BCUT2D eigenvalue weighted by atomic mass is 10.3. The molecular formula is C18H27NO7. The molecule has 0 radical (unpaired) electrons. The second kappa shape index (κ2) is 11.0. The first-order chi connectivity index (χ1) is 12.7. The van der Waals surface area contributed by atoms with Crippen LogP contribution in [0.3, 0.4) is 0 Å². The molecule has 0 unspecified atom stereocenters. The third kappa shape index (κ3) is 5.84. The van der Waals surface area contributed by atoms with Crippen LogP contribution in [0.15, 0.2) is 26.0 Å². The van der Waals surface area contributed by atoms with Gasteiger partial charge in [-0.1, -0.05) is 0 Å². The third-order valence-corrected chi connectivity index (χ3v) is 3.79. The molecule has 0 saturated heterocycles. The minimum Gasteiger partial charge on any atom is -0.456 e. The zero-order valence-corrected chi connectivity index (χ0v) is 15.6. The van der Waals surface area contributed by atoms with Crippen molar-refractivity contribution in [3.05, 3.63) is 28.1 Å². The van der Waals surface area contributed by atoms with E-state index in [1.807, 2.05) is 11.8 Å². The lowest BCUT2D eigenvalue weighted by molar-refractivity contribution is 0.0672. The van der Waals surface area contributed by atoms with Gasteiger partial charge < -0.3 is 32.7 Å². The summed E-state index contributed by atoms with van der Waals surface area (Å²) in [5.74, 6) is 0.470. The average Bonchev–Trinajstić information content (AvgIpc) is 3.01. The van der Waals surface area contributed by atoms with Gasteiger partial charge in [0.25, 0.3) is 0 Å². The Morgan fingerprint density at radius 3 is 2.12 bits per heavy atom. The lowest BCUT2D eigenvalue weighted by Crippen LogP contribution is -2.32. The molecule has 0 aliphatic heterocycles. The fourth-order valence-corrected chi connectivity index (χ4v) is 2.37. The van der Waals surface area contributed by atoms with Gasteiger partial charge >= 0.3 is 0 Å². The monoisotopic (exact) mass is 369 g/mol. The second-order valence-corrected chi connectivity index (χ2v) is 5.72. The highest BCUT2D eigenvalue weighted by Crippen LogP contribution is 2.23. The summed E-state index contributed by atoms with van der Waals surface area (Å²) in [5.41, 5.74) is 1.28. The number of anilines is 1. The number of rotatable bonds is 13. The van der Waals surface area contributed by atoms with E-state index in [9.17, 15) is 4.79 Å². The molecule has 0 atom stereocenters. The fourth-order valence-electron chi connectivity index (χ4n) is 2.37. The molecule has 0 N–H and O–H groups in total. The van der Waals surface area contributed by atoms with Crippen molar-refractivity contribution in [2.24, 2.45) is 0 Å². The van der Waals surface area contributed by atoms with Crippen molar-refractivity contribution in [2.75, 3.05) is 71.9 Å². The van der Waals surface area contributed by atoms with E-state index in [4.69, 9.17) is 27.8 Å². The predicted molar refractivity (Wildman–Crippen MR) is 97.1 cm³/mol. The number of hydrogen-bond donors (Lipinski definition) is 0. The van der Waals surface area contributed by atoms with Crippen molar-refractivity contribution in [1.29, 1.82) is 0 Å². The molecule has 0 saturated carbocycles. The molecule has 0 fully saturated rings. The van der Waals surface area contributed by atoms with E-state index in [2.05, 4.69) is 0 Å². The Hall–Kier alpha value is -1.87. The maximum Gasteiger partial charge on any atom is 0.230 e. The van der Waals surface area contributed by atoms with Gasteiger partial charge in [-0.15, -0.1) is 0 Å². The minimum atomic E-state index is -0.208.